The van der Waals surface area contributed by atoms with Crippen LogP contribution in [0.1, 0.15) is 5.56 Å². The summed E-state index contributed by atoms with van der Waals surface area (Å²) < 4.78 is 6.09. The van der Waals surface area contributed by atoms with Crippen LogP contribution in [0.15, 0.2) is 30.3 Å². The summed E-state index contributed by atoms with van der Waals surface area (Å²) >= 11 is 2.32. The van der Waals surface area contributed by atoms with Crippen LogP contribution in [0.4, 0.5) is 0 Å². The Bertz CT molecular complexity index is 251. The van der Waals surface area contributed by atoms with Gasteiger partial charge in [0.2, 0.25) is 0 Å². The van der Waals surface area contributed by atoms with E-state index in [4.69, 9.17) is 4.74 Å². The van der Waals surface area contributed by atoms with Crippen LogP contribution >= 0.6 is 22.6 Å². The molecule has 2 heteroatoms. The van der Waals surface area contributed by atoms with E-state index in [9.17, 15) is 0 Å². The number of rotatable bonds is 3. The summed E-state index contributed by atoms with van der Waals surface area (Å²) in [6, 6.07) is 8.02. The summed E-state index contributed by atoms with van der Waals surface area (Å²) in [5, 5.41) is 0. The Balaban J connectivity index is 2.71. The van der Waals surface area contributed by atoms with E-state index in [0.29, 0.717) is 0 Å². The molecule has 64 valence electrons. The van der Waals surface area contributed by atoms with Gasteiger partial charge in [-0.15, -0.1) is 0 Å². The van der Waals surface area contributed by atoms with Gasteiger partial charge in [0.25, 0.3) is 0 Å². The fourth-order valence-corrected chi connectivity index (χ4v) is 1.15. The molecule has 1 rings (SSSR count). The molecule has 0 aromatic heterocycles. The van der Waals surface area contributed by atoms with Gasteiger partial charge in [-0.05, 0) is 17.7 Å². The van der Waals surface area contributed by atoms with E-state index in [1.54, 1.807) is 7.11 Å². The Morgan fingerprint density at radius 2 is 2.00 bits per heavy atom. The summed E-state index contributed by atoms with van der Waals surface area (Å²) in [5.41, 5.74) is 1.22. The fourth-order valence-electron chi connectivity index (χ4n) is 0.896. The van der Waals surface area contributed by atoms with Gasteiger partial charge < -0.3 is 4.74 Å². The first kappa shape index (κ1) is 9.58. The van der Waals surface area contributed by atoms with Crippen molar-refractivity contribution in [3.8, 4) is 5.75 Å². The van der Waals surface area contributed by atoms with Crippen LogP contribution in [0.2, 0.25) is 0 Å². The van der Waals surface area contributed by atoms with Crippen molar-refractivity contribution in [2.45, 2.75) is 0 Å². The van der Waals surface area contributed by atoms with Gasteiger partial charge in [-0.25, -0.2) is 0 Å². The molecule has 1 nitrogen and oxygen atoms in total. The van der Waals surface area contributed by atoms with Gasteiger partial charge in [-0.3, -0.25) is 0 Å². The van der Waals surface area contributed by atoms with Crippen molar-refractivity contribution in [2.24, 2.45) is 0 Å². The number of halogens is 1. The monoisotopic (exact) mass is 274 g/mol. The zero-order chi connectivity index (χ0) is 8.81. The molecule has 1 aromatic carbocycles. The lowest BCUT2D eigenvalue weighted by Gasteiger charge is -1.98. The molecule has 12 heavy (non-hydrogen) atoms. The first-order valence-electron chi connectivity index (χ1n) is 3.73. The van der Waals surface area contributed by atoms with Crippen LogP contribution in [0.5, 0.6) is 5.75 Å². The van der Waals surface area contributed by atoms with Crippen molar-refractivity contribution in [2.75, 3.05) is 11.5 Å². The molecule has 0 atom stereocenters. The summed E-state index contributed by atoms with van der Waals surface area (Å²) in [5.74, 6) is 0.904. The smallest absolute Gasteiger partial charge is 0.118 e. The third-order valence-corrected chi connectivity index (χ3v) is 2.02. The van der Waals surface area contributed by atoms with Gasteiger partial charge in [-0.1, -0.05) is 46.9 Å². The number of ether oxygens (including phenoxy) is 1. The van der Waals surface area contributed by atoms with Crippen molar-refractivity contribution < 1.29 is 4.74 Å². The molecule has 0 bridgehead atoms. The molecule has 0 unspecified atom stereocenters. The van der Waals surface area contributed by atoms with Crippen LogP contribution in [0.3, 0.4) is 0 Å². The van der Waals surface area contributed by atoms with Gasteiger partial charge in [0.15, 0.2) is 0 Å². The predicted octanol–water partition coefficient (Wildman–Crippen LogP) is 3.14. The van der Waals surface area contributed by atoms with Crippen LogP contribution in [0.25, 0.3) is 6.08 Å². The number of methoxy groups -OCH3 is 1. The van der Waals surface area contributed by atoms with E-state index in [0.717, 1.165) is 10.2 Å². The minimum atomic E-state index is 0.904. The Morgan fingerprint density at radius 1 is 1.33 bits per heavy atom. The molecule has 0 spiro atoms. The highest BCUT2D eigenvalue weighted by Gasteiger charge is 1.88. The van der Waals surface area contributed by atoms with Crippen molar-refractivity contribution in [1.82, 2.24) is 0 Å². The molecular formula is C10H11IO. The van der Waals surface area contributed by atoms with Gasteiger partial charge in [-0.2, -0.15) is 0 Å². The minimum Gasteiger partial charge on any atom is -0.497 e. The quantitative estimate of drug-likeness (QED) is 0.607. The van der Waals surface area contributed by atoms with Crippen molar-refractivity contribution in [3.05, 3.63) is 35.9 Å². The Morgan fingerprint density at radius 3 is 2.50 bits per heavy atom. The molecule has 0 saturated carbocycles. The largest absolute Gasteiger partial charge is 0.497 e. The number of alkyl halides is 1. The van der Waals surface area contributed by atoms with Crippen molar-refractivity contribution >= 4 is 28.7 Å². The van der Waals surface area contributed by atoms with E-state index >= 15 is 0 Å². The molecule has 0 aliphatic heterocycles. The lowest BCUT2D eigenvalue weighted by Crippen LogP contribution is -1.81. The molecule has 0 aliphatic carbocycles. The Hall–Kier alpha value is -0.510. The molecule has 0 fully saturated rings. The molecule has 0 radical (unpaired) electrons. The maximum absolute atomic E-state index is 5.05. The molecule has 0 saturated heterocycles. The first-order valence-corrected chi connectivity index (χ1v) is 5.26. The second-order valence-electron chi connectivity index (χ2n) is 2.33. The predicted molar refractivity (Wildman–Crippen MR) is 60.9 cm³/mol. The Labute approximate surface area is 86.6 Å². The third kappa shape index (κ3) is 2.85. The summed E-state index contributed by atoms with van der Waals surface area (Å²) in [4.78, 5) is 0. The standard InChI is InChI=1S/C10H11IO/c1-12-10-6-4-9(5-7-10)3-2-8-11/h2-7H,8H2,1H3/b3-2+. The maximum atomic E-state index is 5.05. The molecule has 1 aromatic rings. The second-order valence-corrected chi connectivity index (χ2v) is 3.21. The van der Waals surface area contributed by atoms with Crippen LogP contribution in [-0.2, 0) is 0 Å². The SMILES string of the molecule is COc1ccc(/C=C/CI)cc1. The topological polar surface area (TPSA) is 9.23 Å². The van der Waals surface area contributed by atoms with Gasteiger partial charge >= 0.3 is 0 Å². The third-order valence-electron chi connectivity index (χ3n) is 1.52. The van der Waals surface area contributed by atoms with E-state index in [2.05, 4.69) is 34.7 Å². The van der Waals surface area contributed by atoms with Crippen LogP contribution in [0, 0.1) is 0 Å². The van der Waals surface area contributed by atoms with Gasteiger partial charge in [0.1, 0.15) is 5.75 Å². The van der Waals surface area contributed by atoms with Gasteiger partial charge in [0, 0.05) is 4.43 Å². The number of allylic oxidation sites excluding steroid dienone is 1. The fraction of sp³-hybridized carbons (Fsp3) is 0.200. The van der Waals surface area contributed by atoms with Crippen LogP contribution < -0.4 is 4.74 Å². The van der Waals surface area contributed by atoms with E-state index < -0.39 is 0 Å². The molecular weight excluding hydrogens is 263 g/mol. The molecule has 0 N–H and O–H groups in total. The number of hydrogen-bond acceptors (Lipinski definition) is 1. The van der Waals surface area contributed by atoms with Crippen molar-refractivity contribution in [1.29, 1.82) is 0 Å². The van der Waals surface area contributed by atoms with E-state index in [-0.39, 0.29) is 0 Å². The van der Waals surface area contributed by atoms with Crippen LogP contribution in [-0.4, -0.2) is 11.5 Å². The summed E-state index contributed by atoms with van der Waals surface area (Å²) in [6.45, 7) is 0. The number of hydrogen-bond donors (Lipinski definition) is 0. The summed E-state index contributed by atoms with van der Waals surface area (Å²) in [6.07, 6.45) is 4.23. The highest BCUT2D eigenvalue weighted by atomic mass is 127. The van der Waals surface area contributed by atoms with E-state index in [1.165, 1.54) is 5.56 Å². The first-order chi connectivity index (χ1) is 5.86. The average Bonchev–Trinajstić information content (AvgIpc) is 2.15. The van der Waals surface area contributed by atoms with E-state index in [1.807, 2.05) is 24.3 Å². The number of benzene rings is 1. The zero-order valence-corrected chi connectivity index (χ0v) is 9.11. The lowest BCUT2D eigenvalue weighted by molar-refractivity contribution is 0.415. The minimum absolute atomic E-state index is 0.904. The normalized spacial score (nSPS) is 10.5. The maximum Gasteiger partial charge on any atom is 0.118 e. The highest BCUT2D eigenvalue weighted by Crippen LogP contribution is 2.12. The Kier molecular flexibility index (Phi) is 4.14. The van der Waals surface area contributed by atoms with Crippen molar-refractivity contribution in [3.63, 3.8) is 0 Å². The molecule has 0 amide bonds. The zero-order valence-electron chi connectivity index (χ0n) is 6.96. The summed E-state index contributed by atoms with van der Waals surface area (Å²) in [7, 11) is 1.68. The second kappa shape index (κ2) is 5.19. The lowest BCUT2D eigenvalue weighted by atomic mass is 10.2. The average molecular weight is 274 g/mol. The molecule has 0 heterocycles. The molecule has 0 aliphatic rings. The van der Waals surface area contributed by atoms with Gasteiger partial charge in [0.05, 0.1) is 7.11 Å². The highest BCUT2D eigenvalue weighted by molar-refractivity contribution is 14.1.